The number of rotatable bonds is 5. The van der Waals surface area contributed by atoms with E-state index in [9.17, 15) is 4.79 Å². The number of hydrogen-bond acceptors (Lipinski definition) is 2. The van der Waals surface area contributed by atoms with Gasteiger partial charge in [-0.15, -0.1) is 0 Å². The Kier molecular flexibility index (Phi) is 5.40. The minimum atomic E-state index is 0.0414. The van der Waals surface area contributed by atoms with Gasteiger partial charge in [0, 0.05) is 18.7 Å². The Morgan fingerprint density at radius 2 is 1.84 bits per heavy atom. The largest absolute Gasteiger partial charge is 0.351 e. The average Bonchev–Trinajstić information content (AvgIpc) is 2.48. The quantitative estimate of drug-likeness (QED) is 0.882. The maximum atomic E-state index is 12.0. The number of hydrogen-bond donors (Lipinski definition) is 1. The maximum Gasteiger partial charge on any atom is 0.251 e. The van der Waals surface area contributed by atoms with Crippen molar-refractivity contribution in [3.63, 3.8) is 0 Å². The molecule has 3 heteroatoms. The first-order chi connectivity index (χ1) is 9.29. The van der Waals surface area contributed by atoms with Crippen LogP contribution in [0, 0.1) is 0 Å². The molecule has 1 aliphatic rings. The van der Waals surface area contributed by atoms with E-state index in [-0.39, 0.29) is 5.91 Å². The number of aryl methyl sites for hydroxylation is 1. The number of carbonyl (C=O) groups is 1. The van der Waals surface area contributed by atoms with Crippen molar-refractivity contribution in [1.82, 2.24) is 10.2 Å². The van der Waals surface area contributed by atoms with Crippen molar-refractivity contribution in [2.75, 3.05) is 26.2 Å². The SMILES string of the molecule is CCc1ccc(C(=O)NCCN2CCCCC2)cc1. The zero-order chi connectivity index (χ0) is 13.5. The smallest absolute Gasteiger partial charge is 0.251 e. The topological polar surface area (TPSA) is 32.3 Å². The lowest BCUT2D eigenvalue weighted by Gasteiger charge is -2.26. The second-order valence-electron chi connectivity index (χ2n) is 5.21. The molecule has 0 spiro atoms. The van der Waals surface area contributed by atoms with E-state index in [0.717, 1.165) is 25.1 Å². The van der Waals surface area contributed by atoms with Gasteiger partial charge in [-0.2, -0.15) is 0 Å². The molecule has 1 amide bonds. The minimum absolute atomic E-state index is 0.0414. The van der Waals surface area contributed by atoms with Crippen LogP contribution in [0.15, 0.2) is 24.3 Å². The van der Waals surface area contributed by atoms with E-state index >= 15 is 0 Å². The van der Waals surface area contributed by atoms with Gasteiger partial charge in [0.05, 0.1) is 0 Å². The minimum Gasteiger partial charge on any atom is -0.351 e. The van der Waals surface area contributed by atoms with Crippen molar-refractivity contribution in [2.24, 2.45) is 0 Å². The van der Waals surface area contributed by atoms with Crippen LogP contribution in [0.3, 0.4) is 0 Å². The van der Waals surface area contributed by atoms with Gasteiger partial charge in [-0.25, -0.2) is 0 Å². The first kappa shape index (κ1) is 14.1. The van der Waals surface area contributed by atoms with Crippen LogP contribution in [0.25, 0.3) is 0 Å². The molecule has 0 bridgehead atoms. The fraction of sp³-hybridized carbons (Fsp3) is 0.562. The zero-order valence-electron chi connectivity index (χ0n) is 11.8. The molecular formula is C16H24N2O. The van der Waals surface area contributed by atoms with Gasteiger partial charge < -0.3 is 10.2 Å². The normalized spacial score (nSPS) is 16.3. The molecule has 3 nitrogen and oxygen atoms in total. The Labute approximate surface area is 116 Å². The third-order valence-corrected chi connectivity index (χ3v) is 3.79. The van der Waals surface area contributed by atoms with E-state index < -0.39 is 0 Å². The zero-order valence-corrected chi connectivity index (χ0v) is 11.8. The lowest BCUT2D eigenvalue weighted by Crippen LogP contribution is -2.37. The van der Waals surface area contributed by atoms with Crippen molar-refractivity contribution >= 4 is 5.91 Å². The number of likely N-dealkylation sites (tertiary alicyclic amines) is 1. The monoisotopic (exact) mass is 260 g/mol. The van der Waals surface area contributed by atoms with E-state index in [1.807, 2.05) is 24.3 Å². The van der Waals surface area contributed by atoms with Crippen LogP contribution >= 0.6 is 0 Å². The molecule has 1 heterocycles. The predicted octanol–water partition coefficient (Wildman–Crippen LogP) is 2.46. The molecule has 1 aromatic rings. The van der Waals surface area contributed by atoms with Gasteiger partial charge >= 0.3 is 0 Å². The Hall–Kier alpha value is -1.35. The molecule has 1 aliphatic heterocycles. The summed E-state index contributed by atoms with van der Waals surface area (Å²) in [4.78, 5) is 14.4. The molecule has 1 aromatic carbocycles. The lowest BCUT2D eigenvalue weighted by molar-refractivity contribution is 0.0946. The van der Waals surface area contributed by atoms with Crippen LogP contribution in [-0.2, 0) is 6.42 Å². The number of nitrogens with one attached hydrogen (secondary N) is 1. The molecule has 1 saturated heterocycles. The molecule has 0 radical (unpaired) electrons. The van der Waals surface area contributed by atoms with Gasteiger partial charge in [-0.3, -0.25) is 4.79 Å². The van der Waals surface area contributed by atoms with Crippen LogP contribution in [0.1, 0.15) is 42.1 Å². The van der Waals surface area contributed by atoms with Crippen LogP contribution in [0.5, 0.6) is 0 Å². The summed E-state index contributed by atoms with van der Waals surface area (Å²) in [5, 5.41) is 3.00. The molecule has 2 rings (SSSR count). The Morgan fingerprint density at radius 3 is 2.47 bits per heavy atom. The van der Waals surface area contributed by atoms with E-state index in [2.05, 4.69) is 17.1 Å². The summed E-state index contributed by atoms with van der Waals surface area (Å²) < 4.78 is 0. The fourth-order valence-corrected chi connectivity index (χ4v) is 2.50. The van der Waals surface area contributed by atoms with Crippen LogP contribution < -0.4 is 5.32 Å². The van der Waals surface area contributed by atoms with Crippen molar-refractivity contribution < 1.29 is 4.79 Å². The molecule has 104 valence electrons. The summed E-state index contributed by atoms with van der Waals surface area (Å²) in [5.74, 6) is 0.0414. The highest BCUT2D eigenvalue weighted by Gasteiger charge is 2.10. The third kappa shape index (κ3) is 4.35. The summed E-state index contributed by atoms with van der Waals surface area (Å²) in [5.41, 5.74) is 2.03. The number of nitrogens with zero attached hydrogens (tertiary/aromatic N) is 1. The Morgan fingerprint density at radius 1 is 1.16 bits per heavy atom. The summed E-state index contributed by atoms with van der Waals surface area (Å²) in [6, 6.07) is 7.88. The molecule has 0 unspecified atom stereocenters. The molecule has 0 saturated carbocycles. The second kappa shape index (κ2) is 7.29. The van der Waals surface area contributed by atoms with E-state index in [4.69, 9.17) is 0 Å². The van der Waals surface area contributed by atoms with Crippen LogP contribution in [-0.4, -0.2) is 37.0 Å². The van der Waals surface area contributed by atoms with Crippen molar-refractivity contribution in [1.29, 1.82) is 0 Å². The first-order valence-electron chi connectivity index (χ1n) is 7.39. The van der Waals surface area contributed by atoms with Gasteiger partial charge in [0.15, 0.2) is 0 Å². The molecule has 0 aromatic heterocycles. The van der Waals surface area contributed by atoms with Crippen LogP contribution in [0.2, 0.25) is 0 Å². The number of amides is 1. The number of piperidine rings is 1. The van der Waals surface area contributed by atoms with Crippen LogP contribution in [0.4, 0.5) is 0 Å². The molecule has 0 aliphatic carbocycles. The van der Waals surface area contributed by atoms with E-state index in [1.54, 1.807) is 0 Å². The summed E-state index contributed by atoms with van der Waals surface area (Å²) in [7, 11) is 0. The Bertz CT molecular complexity index is 394. The maximum absolute atomic E-state index is 12.0. The highest BCUT2D eigenvalue weighted by Crippen LogP contribution is 2.08. The standard InChI is InChI=1S/C16H24N2O/c1-2-14-6-8-15(9-7-14)16(19)17-10-13-18-11-4-3-5-12-18/h6-9H,2-5,10-13H2,1H3,(H,17,19). The van der Waals surface area contributed by atoms with Crippen molar-refractivity contribution in [3.05, 3.63) is 35.4 Å². The van der Waals surface area contributed by atoms with Gasteiger partial charge in [0.1, 0.15) is 0 Å². The number of carbonyl (C=O) groups excluding carboxylic acids is 1. The highest BCUT2D eigenvalue weighted by molar-refractivity contribution is 5.94. The van der Waals surface area contributed by atoms with Gasteiger partial charge in [-0.1, -0.05) is 25.5 Å². The third-order valence-electron chi connectivity index (χ3n) is 3.79. The fourth-order valence-electron chi connectivity index (χ4n) is 2.50. The lowest BCUT2D eigenvalue weighted by atomic mass is 10.1. The van der Waals surface area contributed by atoms with Crippen molar-refractivity contribution in [2.45, 2.75) is 32.6 Å². The first-order valence-corrected chi connectivity index (χ1v) is 7.39. The van der Waals surface area contributed by atoms with E-state index in [0.29, 0.717) is 0 Å². The summed E-state index contributed by atoms with van der Waals surface area (Å²) >= 11 is 0. The summed E-state index contributed by atoms with van der Waals surface area (Å²) in [6.07, 6.45) is 4.96. The predicted molar refractivity (Wildman–Crippen MR) is 78.4 cm³/mol. The molecule has 1 fully saturated rings. The highest BCUT2D eigenvalue weighted by atomic mass is 16.1. The van der Waals surface area contributed by atoms with Gasteiger partial charge in [0.25, 0.3) is 5.91 Å². The molecule has 0 atom stereocenters. The molecule has 1 N–H and O–H groups in total. The average molecular weight is 260 g/mol. The van der Waals surface area contributed by atoms with Crippen molar-refractivity contribution in [3.8, 4) is 0 Å². The number of benzene rings is 1. The van der Waals surface area contributed by atoms with Gasteiger partial charge in [-0.05, 0) is 50.0 Å². The Balaban J connectivity index is 1.73. The summed E-state index contributed by atoms with van der Waals surface area (Å²) in [6.45, 7) is 6.20. The molecule has 19 heavy (non-hydrogen) atoms. The van der Waals surface area contributed by atoms with E-state index in [1.165, 1.54) is 37.9 Å². The second-order valence-corrected chi connectivity index (χ2v) is 5.21. The van der Waals surface area contributed by atoms with Gasteiger partial charge in [0.2, 0.25) is 0 Å². The molecular weight excluding hydrogens is 236 g/mol.